The zero-order chi connectivity index (χ0) is 25.7. The molecule has 3 heterocycles. The Hall–Kier alpha value is -2.75. The number of cyclic esters (lactones) is 2. The average Bonchev–Trinajstić information content (AvgIpc) is 3.59. The van der Waals surface area contributed by atoms with Gasteiger partial charge in [0.1, 0.15) is 18.3 Å². The summed E-state index contributed by atoms with van der Waals surface area (Å²) >= 11 is 0. The molecule has 3 aliphatic heterocycles. The predicted octanol–water partition coefficient (Wildman–Crippen LogP) is 2.09. The fourth-order valence-electron chi connectivity index (χ4n) is 6.46. The lowest BCUT2D eigenvalue weighted by Gasteiger charge is -2.58. The van der Waals surface area contributed by atoms with Crippen molar-refractivity contribution in [2.75, 3.05) is 19.8 Å². The Balaban J connectivity index is 1.55. The van der Waals surface area contributed by atoms with Gasteiger partial charge >= 0.3 is 17.9 Å². The van der Waals surface area contributed by atoms with E-state index >= 15 is 0 Å². The van der Waals surface area contributed by atoms with Crippen LogP contribution in [0.3, 0.4) is 0 Å². The number of ether oxygens (including phenoxy) is 5. The Morgan fingerprint density at radius 2 is 1.69 bits per heavy atom. The maximum absolute atomic E-state index is 12.8. The first-order valence-corrected chi connectivity index (χ1v) is 12.3. The summed E-state index contributed by atoms with van der Waals surface area (Å²) in [4.78, 5) is 37.4. The zero-order valence-corrected chi connectivity index (χ0v) is 20.7. The highest BCUT2D eigenvalue weighted by molar-refractivity contribution is 5.85. The maximum Gasteiger partial charge on any atom is 0.331 e. The van der Waals surface area contributed by atoms with Gasteiger partial charge in [-0.3, -0.25) is 0 Å². The normalized spacial score (nSPS) is 43.7. The molecule has 0 aromatic carbocycles. The van der Waals surface area contributed by atoms with Crippen LogP contribution in [-0.2, 0) is 38.1 Å². The van der Waals surface area contributed by atoms with Crippen LogP contribution in [-0.4, -0.2) is 72.9 Å². The first kappa shape index (κ1) is 24.9. The molecule has 0 aromatic rings. The number of aliphatic hydroxyl groups excluding tert-OH is 1. The second-order valence-corrected chi connectivity index (χ2v) is 10.6. The third kappa shape index (κ3) is 3.84. The number of esters is 3. The van der Waals surface area contributed by atoms with E-state index in [-0.39, 0.29) is 25.7 Å². The van der Waals surface area contributed by atoms with Crippen molar-refractivity contribution in [3.05, 3.63) is 47.6 Å². The van der Waals surface area contributed by atoms with Crippen LogP contribution in [0.4, 0.5) is 0 Å². The minimum atomic E-state index is -0.887. The van der Waals surface area contributed by atoms with Gasteiger partial charge in [0.05, 0.1) is 36.9 Å². The van der Waals surface area contributed by atoms with Crippen molar-refractivity contribution in [3.63, 3.8) is 0 Å². The molecule has 5 aliphatic rings. The Morgan fingerprint density at radius 3 is 2.42 bits per heavy atom. The number of allylic oxidation sites excluding steroid dienone is 2. The van der Waals surface area contributed by atoms with Crippen molar-refractivity contribution < 1.29 is 43.2 Å². The van der Waals surface area contributed by atoms with Gasteiger partial charge in [-0.15, -0.1) is 0 Å². The van der Waals surface area contributed by atoms with Gasteiger partial charge in [-0.1, -0.05) is 30.7 Å². The van der Waals surface area contributed by atoms with Gasteiger partial charge in [0, 0.05) is 36.5 Å². The number of rotatable bonds is 0. The fourth-order valence-corrected chi connectivity index (χ4v) is 6.46. The predicted molar refractivity (Wildman–Crippen MR) is 125 cm³/mol. The molecule has 0 unspecified atom stereocenters. The van der Waals surface area contributed by atoms with Crippen molar-refractivity contribution in [1.29, 1.82) is 0 Å². The minimum Gasteiger partial charge on any atom is -0.462 e. The van der Waals surface area contributed by atoms with E-state index < -0.39 is 52.7 Å². The second kappa shape index (κ2) is 8.97. The summed E-state index contributed by atoms with van der Waals surface area (Å²) in [5.74, 6) is -1.67. The van der Waals surface area contributed by atoms with E-state index in [4.69, 9.17) is 23.7 Å². The number of aliphatic hydroxyl groups is 1. The zero-order valence-electron chi connectivity index (χ0n) is 20.7. The minimum absolute atomic E-state index is 0.0446. The molecule has 36 heavy (non-hydrogen) atoms. The summed E-state index contributed by atoms with van der Waals surface area (Å²) in [7, 11) is 0. The molecular weight excluding hydrogens is 468 g/mol. The summed E-state index contributed by atoms with van der Waals surface area (Å²) in [6, 6.07) is 0. The summed E-state index contributed by atoms with van der Waals surface area (Å²) in [5, 5.41) is 10.9. The van der Waals surface area contributed by atoms with Gasteiger partial charge in [0.2, 0.25) is 0 Å². The maximum atomic E-state index is 12.8. The van der Waals surface area contributed by atoms with Crippen LogP contribution in [0.5, 0.6) is 0 Å². The number of carbonyl (C=O) groups is 3. The Labute approximate surface area is 209 Å². The standard InChI is InChI=1S/C27H32O9/c1-16-8-9-32-22(29)6-4-5-7-23(30)36-19-12-21-27(15-34-27)25(19,3)26(14-33-24(31)10-16)13-18(28)17(2)11-20(26)35-21/h4-7,10-11,18-21,28H,8-9,12-15H2,1-3H3/b6-4+,7-5?,16-10?/t18-,19+,20+,21+,25+,26+,27-/m0/s1. The van der Waals surface area contributed by atoms with Crippen LogP contribution < -0.4 is 0 Å². The monoisotopic (exact) mass is 500 g/mol. The van der Waals surface area contributed by atoms with Crippen LogP contribution >= 0.6 is 0 Å². The summed E-state index contributed by atoms with van der Waals surface area (Å²) in [6.07, 6.45) is 7.53. The van der Waals surface area contributed by atoms with Crippen molar-refractivity contribution in [1.82, 2.24) is 0 Å². The van der Waals surface area contributed by atoms with Crippen molar-refractivity contribution >= 4 is 17.9 Å². The SMILES string of the molecule is CC1=CC(=O)OC[C@]23C[C@H](O)C(C)=C[C@H]2O[C@@H]2C[C@@H](OC(=O)C=C/C=C/C(=O)OCC1)[C@@]3(C)[C@]21CO1. The highest BCUT2D eigenvalue weighted by Gasteiger charge is 2.83. The molecule has 0 radical (unpaired) electrons. The number of carbonyl (C=O) groups excluding carboxylic acids is 3. The number of hydrogen-bond donors (Lipinski definition) is 1. The highest BCUT2D eigenvalue weighted by atomic mass is 16.6. The Bertz CT molecular complexity index is 1080. The lowest BCUT2D eigenvalue weighted by atomic mass is 9.51. The molecule has 9 nitrogen and oxygen atoms in total. The molecule has 0 aromatic heterocycles. The lowest BCUT2D eigenvalue weighted by Crippen LogP contribution is -2.68. The smallest absolute Gasteiger partial charge is 0.331 e. The van der Waals surface area contributed by atoms with Crippen LogP contribution in [0.15, 0.2) is 47.6 Å². The third-order valence-electron chi connectivity index (χ3n) is 8.73. The molecule has 194 valence electrons. The molecule has 1 N–H and O–H groups in total. The summed E-state index contributed by atoms with van der Waals surface area (Å²) < 4.78 is 29.5. The average molecular weight is 501 g/mol. The second-order valence-electron chi connectivity index (χ2n) is 10.6. The molecular formula is C27H32O9. The van der Waals surface area contributed by atoms with Gasteiger partial charge in [0.15, 0.2) is 0 Å². The van der Waals surface area contributed by atoms with Gasteiger partial charge in [-0.2, -0.15) is 0 Å². The van der Waals surface area contributed by atoms with E-state index in [0.29, 0.717) is 25.0 Å². The van der Waals surface area contributed by atoms with Gasteiger partial charge in [-0.25, -0.2) is 14.4 Å². The summed E-state index contributed by atoms with van der Waals surface area (Å²) in [5.41, 5.74) is -0.880. The number of epoxide rings is 1. The lowest BCUT2D eigenvalue weighted by molar-refractivity contribution is -0.238. The van der Waals surface area contributed by atoms with E-state index in [2.05, 4.69) is 0 Å². The van der Waals surface area contributed by atoms with Crippen LogP contribution in [0.25, 0.3) is 0 Å². The van der Waals surface area contributed by atoms with Crippen LogP contribution in [0.1, 0.15) is 40.0 Å². The van der Waals surface area contributed by atoms with E-state index in [1.165, 1.54) is 30.4 Å². The van der Waals surface area contributed by atoms with Gasteiger partial charge in [-0.05, 0) is 25.8 Å². The quantitative estimate of drug-likeness (QED) is 0.231. The van der Waals surface area contributed by atoms with Gasteiger partial charge in [0.25, 0.3) is 0 Å². The molecule has 5 rings (SSSR count). The topological polar surface area (TPSA) is 121 Å². The van der Waals surface area contributed by atoms with E-state index in [1.54, 1.807) is 6.92 Å². The van der Waals surface area contributed by atoms with Crippen LogP contribution in [0.2, 0.25) is 0 Å². The molecule has 0 amide bonds. The third-order valence-corrected chi connectivity index (χ3v) is 8.73. The molecule has 2 saturated heterocycles. The first-order valence-electron chi connectivity index (χ1n) is 12.3. The van der Waals surface area contributed by atoms with Gasteiger partial charge < -0.3 is 28.8 Å². The Morgan fingerprint density at radius 1 is 0.972 bits per heavy atom. The van der Waals surface area contributed by atoms with Crippen molar-refractivity contribution in [2.45, 2.75) is 70.1 Å². The molecule has 7 atom stereocenters. The van der Waals surface area contributed by atoms with E-state index in [0.717, 1.165) is 5.57 Å². The summed E-state index contributed by atoms with van der Waals surface area (Å²) in [6.45, 7) is 6.10. The first-order chi connectivity index (χ1) is 17.1. The molecule has 9 heteroatoms. The fraction of sp³-hybridized carbons (Fsp3) is 0.593. The molecule has 2 spiro atoms. The molecule has 2 aliphatic carbocycles. The van der Waals surface area contributed by atoms with Crippen molar-refractivity contribution in [3.8, 4) is 0 Å². The number of hydrogen-bond acceptors (Lipinski definition) is 9. The largest absolute Gasteiger partial charge is 0.462 e. The highest BCUT2D eigenvalue weighted by Crippen LogP contribution is 2.72. The van der Waals surface area contributed by atoms with E-state index in [9.17, 15) is 19.5 Å². The molecule has 2 bridgehead atoms. The van der Waals surface area contributed by atoms with Crippen LogP contribution in [0, 0.1) is 10.8 Å². The molecule has 3 fully saturated rings. The van der Waals surface area contributed by atoms with E-state index in [1.807, 2.05) is 19.9 Å². The van der Waals surface area contributed by atoms with Crippen molar-refractivity contribution in [2.24, 2.45) is 10.8 Å². The molecule has 1 saturated carbocycles. The Kier molecular flexibility index (Phi) is 6.21.